The molecule has 0 rings (SSSR count). The van der Waals surface area contributed by atoms with Crippen molar-refractivity contribution >= 4 is 40.1 Å². The second-order valence-corrected chi connectivity index (χ2v) is 14.0. The van der Waals surface area contributed by atoms with Crippen LogP contribution in [0.2, 0.25) is 0 Å². The molecule has 0 radical (unpaired) electrons. The summed E-state index contributed by atoms with van der Waals surface area (Å²) in [5, 5.41) is 0. The molecule has 12 nitrogen and oxygen atoms in total. The molecule has 0 amide bonds. The first kappa shape index (κ1) is 26.6. The van der Waals surface area contributed by atoms with E-state index in [2.05, 4.69) is 4.72 Å². The van der Waals surface area contributed by atoms with Crippen LogP contribution in [0.3, 0.4) is 0 Å². The molecule has 0 saturated heterocycles. The summed E-state index contributed by atoms with van der Waals surface area (Å²) in [5.41, 5.74) is 0. The fraction of sp³-hybridized carbons (Fsp3) is 1.00. The monoisotopic (exact) mass is 472 g/mol. The highest BCUT2D eigenvalue weighted by molar-refractivity contribution is 7.89. The van der Waals surface area contributed by atoms with Gasteiger partial charge in [0.2, 0.25) is 40.1 Å². The SMILES string of the molecule is CN(CCN(CCN(CCNS(C)(=O)=O)S(C)(=O)=O)S(C)(=O)=O)S(C)(=O)=O. The Morgan fingerprint density at radius 3 is 1.30 bits per heavy atom. The van der Waals surface area contributed by atoms with E-state index in [9.17, 15) is 33.7 Å². The van der Waals surface area contributed by atoms with Crippen LogP contribution in [0.25, 0.3) is 0 Å². The van der Waals surface area contributed by atoms with Gasteiger partial charge in [0.25, 0.3) is 0 Å². The Morgan fingerprint density at radius 1 is 0.593 bits per heavy atom. The van der Waals surface area contributed by atoms with E-state index in [-0.39, 0.29) is 39.3 Å². The third-order valence-electron chi connectivity index (χ3n) is 3.49. The average Bonchev–Trinajstić information content (AvgIpc) is 2.39. The van der Waals surface area contributed by atoms with Crippen molar-refractivity contribution in [2.45, 2.75) is 0 Å². The highest BCUT2D eigenvalue weighted by Gasteiger charge is 2.23. The zero-order chi connectivity index (χ0) is 21.7. The molecule has 16 heteroatoms. The molecule has 0 aliphatic rings. The molecule has 0 saturated carbocycles. The van der Waals surface area contributed by atoms with Crippen LogP contribution >= 0.6 is 0 Å². The number of hydrogen-bond donors (Lipinski definition) is 1. The maximum absolute atomic E-state index is 11.9. The van der Waals surface area contributed by atoms with Gasteiger partial charge >= 0.3 is 0 Å². The first-order chi connectivity index (χ1) is 11.8. The Hall–Kier alpha value is -0.360. The molecular formula is C11H28N4O8S4. The van der Waals surface area contributed by atoms with Gasteiger partial charge in [-0.25, -0.2) is 42.7 Å². The van der Waals surface area contributed by atoms with Crippen molar-refractivity contribution < 1.29 is 33.7 Å². The summed E-state index contributed by atoms with van der Waals surface area (Å²) >= 11 is 0. The molecule has 0 aliphatic carbocycles. The van der Waals surface area contributed by atoms with Gasteiger partial charge in [0.15, 0.2) is 0 Å². The van der Waals surface area contributed by atoms with Crippen molar-refractivity contribution in [3.05, 3.63) is 0 Å². The summed E-state index contributed by atoms with van der Waals surface area (Å²) in [4.78, 5) is 0. The van der Waals surface area contributed by atoms with Crippen molar-refractivity contribution in [1.82, 2.24) is 17.6 Å². The first-order valence-corrected chi connectivity index (χ1v) is 15.0. The maximum Gasteiger partial charge on any atom is 0.211 e. The van der Waals surface area contributed by atoms with Crippen LogP contribution in [0, 0.1) is 0 Å². The minimum atomic E-state index is -3.71. The van der Waals surface area contributed by atoms with Gasteiger partial charge in [-0.3, -0.25) is 0 Å². The second kappa shape index (κ2) is 9.91. The quantitative estimate of drug-likeness (QED) is 0.296. The molecule has 0 aromatic rings. The Kier molecular flexibility index (Phi) is 9.77. The lowest BCUT2D eigenvalue weighted by Gasteiger charge is -2.26. The van der Waals surface area contributed by atoms with Crippen LogP contribution in [0.15, 0.2) is 0 Å². The van der Waals surface area contributed by atoms with E-state index < -0.39 is 40.1 Å². The van der Waals surface area contributed by atoms with Gasteiger partial charge in [0, 0.05) is 46.3 Å². The van der Waals surface area contributed by atoms with E-state index in [1.807, 2.05) is 0 Å². The van der Waals surface area contributed by atoms with E-state index in [4.69, 9.17) is 0 Å². The molecule has 0 atom stereocenters. The van der Waals surface area contributed by atoms with Crippen molar-refractivity contribution in [1.29, 1.82) is 0 Å². The number of rotatable bonds is 13. The number of hydrogen-bond acceptors (Lipinski definition) is 8. The first-order valence-electron chi connectivity index (χ1n) is 7.60. The average molecular weight is 473 g/mol. The number of nitrogens with one attached hydrogen (secondary N) is 1. The van der Waals surface area contributed by atoms with Crippen molar-refractivity contribution in [2.24, 2.45) is 0 Å². The fourth-order valence-electron chi connectivity index (χ4n) is 1.88. The summed E-state index contributed by atoms with van der Waals surface area (Å²) < 4.78 is 97.5. The molecule has 0 fully saturated rings. The van der Waals surface area contributed by atoms with Gasteiger partial charge in [-0.15, -0.1) is 0 Å². The Labute approximate surface area is 162 Å². The lowest BCUT2D eigenvalue weighted by atomic mass is 10.5. The maximum atomic E-state index is 11.9. The lowest BCUT2D eigenvalue weighted by Crippen LogP contribution is -2.45. The van der Waals surface area contributed by atoms with Gasteiger partial charge in [-0.05, 0) is 0 Å². The van der Waals surface area contributed by atoms with Crippen LogP contribution in [0.1, 0.15) is 0 Å². The molecule has 0 aromatic heterocycles. The Bertz CT molecular complexity index is 896. The van der Waals surface area contributed by atoms with E-state index in [0.717, 1.165) is 37.9 Å². The smallest absolute Gasteiger partial charge is 0.211 e. The predicted octanol–water partition coefficient (Wildman–Crippen LogP) is -3.05. The Balaban J connectivity index is 5.07. The second-order valence-electron chi connectivity index (χ2n) is 6.08. The molecule has 0 spiro atoms. The summed E-state index contributed by atoms with van der Waals surface area (Å²) in [6, 6.07) is 0. The summed E-state index contributed by atoms with van der Waals surface area (Å²) in [6.45, 7) is -1.00. The van der Waals surface area contributed by atoms with Gasteiger partial charge in [-0.2, -0.15) is 8.61 Å². The molecule has 0 bridgehead atoms. The van der Waals surface area contributed by atoms with Crippen LogP contribution in [-0.2, 0) is 40.1 Å². The normalized spacial score (nSPS) is 14.4. The summed E-state index contributed by atoms with van der Waals surface area (Å²) in [6.07, 6.45) is 3.78. The zero-order valence-electron chi connectivity index (χ0n) is 16.0. The molecule has 0 aromatic carbocycles. The third kappa shape index (κ3) is 11.9. The van der Waals surface area contributed by atoms with Crippen LogP contribution in [0.4, 0.5) is 0 Å². The molecule has 1 N–H and O–H groups in total. The highest BCUT2D eigenvalue weighted by Crippen LogP contribution is 2.04. The topological polar surface area (TPSA) is 158 Å². The largest absolute Gasteiger partial charge is 0.214 e. The van der Waals surface area contributed by atoms with Crippen LogP contribution < -0.4 is 4.72 Å². The molecular weight excluding hydrogens is 444 g/mol. The van der Waals surface area contributed by atoms with Crippen molar-refractivity contribution in [2.75, 3.05) is 71.3 Å². The minimum absolute atomic E-state index is 0.0968. The summed E-state index contributed by atoms with van der Waals surface area (Å²) in [5.74, 6) is 0. The standard InChI is InChI=1S/C11H28N4O8S4/c1-13(25(3,18)19)8-9-15(27(5,22)23)11-10-14(26(4,20)21)7-6-12-24(2,16)17/h12H,6-11H2,1-5H3. The van der Waals surface area contributed by atoms with Gasteiger partial charge in [-0.1, -0.05) is 0 Å². The van der Waals surface area contributed by atoms with Crippen molar-refractivity contribution in [3.63, 3.8) is 0 Å². The van der Waals surface area contributed by atoms with Gasteiger partial charge in [0.05, 0.1) is 25.0 Å². The van der Waals surface area contributed by atoms with Crippen molar-refractivity contribution in [3.8, 4) is 0 Å². The molecule has 27 heavy (non-hydrogen) atoms. The van der Waals surface area contributed by atoms with E-state index in [1.165, 1.54) is 7.05 Å². The van der Waals surface area contributed by atoms with E-state index >= 15 is 0 Å². The zero-order valence-corrected chi connectivity index (χ0v) is 19.2. The highest BCUT2D eigenvalue weighted by atomic mass is 32.2. The number of nitrogens with zero attached hydrogens (tertiary/aromatic N) is 3. The number of sulfonamides is 4. The molecule has 164 valence electrons. The minimum Gasteiger partial charge on any atom is -0.214 e. The van der Waals surface area contributed by atoms with E-state index in [0.29, 0.717) is 0 Å². The molecule has 0 aliphatic heterocycles. The predicted molar refractivity (Wildman–Crippen MR) is 103 cm³/mol. The van der Waals surface area contributed by atoms with E-state index in [1.54, 1.807) is 0 Å². The van der Waals surface area contributed by atoms with Gasteiger partial charge in [0.1, 0.15) is 0 Å². The summed E-state index contributed by atoms with van der Waals surface area (Å²) in [7, 11) is -13.1. The Morgan fingerprint density at radius 2 is 0.963 bits per heavy atom. The molecule has 0 unspecified atom stereocenters. The van der Waals surface area contributed by atoms with Gasteiger partial charge < -0.3 is 0 Å². The number of likely N-dealkylation sites (N-methyl/N-ethyl adjacent to an activating group) is 1. The van der Waals surface area contributed by atoms with Crippen LogP contribution in [-0.4, -0.2) is 118 Å². The third-order valence-corrected chi connectivity index (χ3v) is 8.14. The van der Waals surface area contributed by atoms with Crippen LogP contribution in [0.5, 0.6) is 0 Å². The molecule has 0 heterocycles. The fourth-order valence-corrected chi connectivity index (χ4v) is 4.42. The lowest BCUT2D eigenvalue weighted by molar-refractivity contribution is 0.332.